The van der Waals surface area contributed by atoms with E-state index in [0.29, 0.717) is 12.1 Å². The number of benzene rings is 1. The second kappa shape index (κ2) is 4.46. The summed E-state index contributed by atoms with van der Waals surface area (Å²) in [4.78, 5) is 27.2. The molecule has 3 heterocycles. The van der Waals surface area contributed by atoms with Crippen LogP contribution in [0.2, 0.25) is 0 Å². The molecule has 116 valence electrons. The molecule has 3 atom stereocenters. The number of esters is 1. The molecule has 6 heteroatoms. The van der Waals surface area contributed by atoms with Gasteiger partial charge in [-0.1, -0.05) is 0 Å². The minimum absolute atomic E-state index is 0.0496. The van der Waals surface area contributed by atoms with E-state index in [1.54, 1.807) is 6.07 Å². The van der Waals surface area contributed by atoms with Crippen molar-refractivity contribution in [3.8, 4) is 0 Å². The number of nitrogens with zero attached hydrogens (tertiary/aromatic N) is 1. The molecule has 2 saturated heterocycles. The minimum Gasteiger partial charge on any atom is -0.469 e. The van der Waals surface area contributed by atoms with E-state index in [2.05, 4.69) is 10.2 Å². The first-order valence-electron chi connectivity index (χ1n) is 7.64. The summed E-state index contributed by atoms with van der Waals surface area (Å²) in [7, 11) is 1.41. The van der Waals surface area contributed by atoms with Crippen LogP contribution in [0.1, 0.15) is 24.8 Å². The highest BCUT2D eigenvalue weighted by Crippen LogP contribution is 2.54. The van der Waals surface area contributed by atoms with Gasteiger partial charge in [-0.3, -0.25) is 14.5 Å². The minimum atomic E-state index is -0.773. The van der Waals surface area contributed by atoms with Gasteiger partial charge in [-0.05, 0) is 44.0 Å². The van der Waals surface area contributed by atoms with Gasteiger partial charge >= 0.3 is 5.97 Å². The van der Waals surface area contributed by atoms with Crippen LogP contribution in [0.3, 0.4) is 0 Å². The van der Waals surface area contributed by atoms with Gasteiger partial charge in [0.25, 0.3) is 0 Å². The van der Waals surface area contributed by atoms with Gasteiger partial charge in [-0.25, -0.2) is 0 Å². The predicted molar refractivity (Wildman–Crippen MR) is 81.0 cm³/mol. The van der Waals surface area contributed by atoms with E-state index in [0.717, 1.165) is 30.6 Å². The van der Waals surface area contributed by atoms with Crippen LogP contribution >= 0.6 is 0 Å². The Bertz CT molecular complexity index is 675. The fourth-order valence-corrected chi connectivity index (χ4v) is 4.50. The molecule has 0 saturated carbocycles. The summed E-state index contributed by atoms with van der Waals surface area (Å²) in [6, 6.07) is 5.56. The molecule has 3 aliphatic heterocycles. The van der Waals surface area contributed by atoms with Crippen molar-refractivity contribution >= 4 is 23.3 Å². The van der Waals surface area contributed by atoms with Crippen LogP contribution in [0, 0.1) is 5.92 Å². The van der Waals surface area contributed by atoms with Gasteiger partial charge in [0.05, 0.1) is 13.0 Å². The second-order valence-corrected chi connectivity index (χ2v) is 6.36. The monoisotopic (exact) mass is 301 g/mol. The van der Waals surface area contributed by atoms with Gasteiger partial charge < -0.3 is 15.8 Å². The number of carbonyl (C=O) groups excluding carboxylic acids is 2. The predicted octanol–water partition coefficient (Wildman–Crippen LogP) is 1.07. The van der Waals surface area contributed by atoms with E-state index in [1.165, 1.54) is 7.11 Å². The molecule has 1 amide bonds. The third kappa shape index (κ3) is 1.53. The van der Waals surface area contributed by atoms with Gasteiger partial charge in [-0.2, -0.15) is 0 Å². The van der Waals surface area contributed by atoms with E-state index in [9.17, 15) is 9.59 Å². The number of anilines is 2. The molecule has 1 aromatic rings. The van der Waals surface area contributed by atoms with Crippen LogP contribution in [-0.4, -0.2) is 36.5 Å². The number of nitrogen functional groups attached to an aromatic ring is 1. The van der Waals surface area contributed by atoms with E-state index >= 15 is 0 Å². The Kier molecular flexibility index (Phi) is 2.75. The van der Waals surface area contributed by atoms with Gasteiger partial charge in [-0.15, -0.1) is 0 Å². The highest BCUT2D eigenvalue weighted by molar-refractivity contribution is 6.07. The Balaban J connectivity index is 1.86. The maximum Gasteiger partial charge on any atom is 0.310 e. The number of nitrogens with one attached hydrogen (secondary N) is 1. The molecular formula is C16H19N3O3. The van der Waals surface area contributed by atoms with Crippen molar-refractivity contribution < 1.29 is 14.3 Å². The molecule has 0 aromatic heterocycles. The smallest absolute Gasteiger partial charge is 0.310 e. The van der Waals surface area contributed by atoms with Crippen LogP contribution in [0.15, 0.2) is 18.2 Å². The molecule has 4 rings (SSSR count). The Labute approximate surface area is 128 Å². The average Bonchev–Trinajstić information content (AvgIpc) is 3.15. The molecule has 22 heavy (non-hydrogen) atoms. The number of ether oxygens (including phenoxy) is 1. The average molecular weight is 301 g/mol. The van der Waals surface area contributed by atoms with Gasteiger partial charge in [0.15, 0.2) is 0 Å². The van der Waals surface area contributed by atoms with Gasteiger partial charge in [0.1, 0.15) is 5.54 Å². The number of rotatable bonds is 1. The Hall–Kier alpha value is -2.08. The first-order valence-corrected chi connectivity index (χ1v) is 7.64. The summed E-state index contributed by atoms with van der Waals surface area (Å²) in [6.45, 7) is 0.819. The maximum atomic E-state index is 12.8. The molecule has 6 nitrogen and oxygen atoms in total. The number of methoxy groups -OCH3 is 1. The van der Waals surface area contributed by atoms with E-state index in [-0.39, 0.29) is 23.8 Å². The molecule has 1 aromatic carbocycles. The highest BCUT2D eigenvalue weighted by Gasteiger charge is 2.63. The number of carbonyl (C=O) groups is 2. The normalized spacial score (nSPS) is 32.9. The summed E-state index contributed by atoms with van der Waals surface area (Å²) in [5.74, 6) is -0.532. The zero-order chi connectivity index (χ0) is 15.5. The lowest BCUT2D eigenvalue weighted by Gasteiger charge is -2.32. The Morgan fingerprint density at radius 2 is 2.32 bits per heavy atom. The standard InChI is InChI=1S/C16H19N3O3/c1-22-14(20)10-8-16(19-6-2-3-13(10)19)11-7-9(17)4-5-12(11)18-15(16)21/h4-5,7,10,13H,2-3,6,8,17H2,1H3,(H,18,21)/t10-,13+,16+/m0/s1. The van der Waals surface area contributed by atoms with E-state index in [4.69, 9.17) is 10.5 Å². The first kappa shape index (κ1) is 13.6. The van der Waals surface area contributed by atoms with Crippen molar-refractivity contribution in [2.24, 2.45) is 5.92 Å². The van der Waals surface area contributed by atoms with Crippen molar-refractivity contribution in [3.05, 3.63) is 23.8 Å². The molecule has 2 fully saturated rings. The fourth-order valence-electron chi connectivity index (χ4n) is 4.50. The summed E-state index contributed by atoms with van der Waals surface area (Å²) in [5, 5.41) is 2.96. The van der Waals surface area contributed by atoms with Crippen molar-refractivity contribution in [2.45, 2.75) is 30.8 Å². The lowest BCUT2D eigenvalue weighted by atomic mass is 9.84. The lowest BCUT2D eigenvalue weighted by molar-refractivity contribution is -0.146. The fraction of sp³-hybridized carbons (Fsp3) is 0.500. The molecule has 0 unspecified atom stereocenters. The second-order valence-electron chi connectivity index (χ2n) is 6.36. The van der Waals surface area contributed by atoms with E-state index < -0.39 is 5.54 Å². The third-order valence-electron chi connectivity index (χ3n) is 5.39. The largest absolute Gasteiger partial charge is 0.469 e. The third-order valence-corrected chi connectivity index (χ3v) is 5.39. The van der Waals surface area contributed by atoms with Crippen LogP contribution in [-0.2, 0) is 19.9 Å². The van der Waals surface area contributed by atoms with Crippen molar-refractivity contribution in [2.75, 3.05) is 24.7 Å². The maximum absolute atomic E-state index is 12.8. The number of amides is 1. The van der Waals surface area contributed by atoms with Crippen LogP contribution in [0.4, 0.5) is 11.4 Å². The van der Waals surface area contributed by atoms with E-state index in [1.807, 2.05) is 12.1 Å². The number of nitrogens with two attached hydrogens (primary N) is 1. The van der Waals surface area contributed by atoms with Gasteiger partial charge in [0.2, 0.25) is 5.91 Å². The summed E-state index contributed by atoms with van der Waals surface area (Å²) in [6.07, 6.45) is 2.38. The number of hydrogen-bond donors (Lipinski definition) is 2. The molecule has 1 spiro atoms. The lowest BCUT2D eigenvalue weighted by Crippen LogP contribution is -2.47. The molecular weight excluding hydrogens is 282 g/mol. The quantitative estimate of drug-likeness (QED) is 0.599. The molecule has 0 bridgehead atoms. The van der Waals surface area contributed by atoms with Crippen LogP contribution in [0.25, 0.3) is 0 Å². The highest BCUT2D eigenvalue weighted by atomic mass is 16.5. The molecule has 3 aliphatic rings. The molecule has 3 N–H and O–H groups in total. The van der Waals surface area contributed by atoms with Crippen molar-refractivity contribution in [1.29, 1.82) is 0 Å². The topological polar surface area (TPSA) is 84.7 Å². The number of hydrogen-bond acceptors (Lipinski definition) is 5. The first-order chi connectivity index (χ1) is 10.6. The molecule has 0 radical (unpaired) electrons. The number of fused-ring (bicyclic) bond motifs is 4. The zero-order valence-corrected chi connectivity index (χ0v) is 12.5. The Morgan fingerprint density at radius 1 is 1.50 bits per heavy atom. The summed E-state index contributed by atoms with van der Waals surface area (Å²) >= 11 is 0. The SMILES string of the molecule is COC(=O)[C@H]1C[C@@]2(C(=O)Nc3ccc(N)cc32)N2CCC[C@H]12. The van der Waals surface area contributed by atoms with Crippen LogP contribution in [0.5, 0.6) is 0 Å². The van der Waals surface area contributed by atoms with Crippen molar-refractivity contribution in [3.63, 3.8) is 0 Å². The zero-order valence-electron chi connectivity index (χ0n) is 12.5. The Morgan fingerprint density at radius 3 is 3.09 bits per heavy atom. The summed E-state index contributed by atoms with van der Waals surface area (Å²) in [5.41, 5.74) is 7.49. The van der Waals surface area contributed by atoms with Gasteiger partial charge in [0, 0.05) is 23.0 Å². The summed E-state index contributed by atoms with van der Waals surface area (Å²) < 4.78 is 4.97. The van der Waals surface area contributed by atoms with Crippen LogP contribution < -0.4 is 11.1 Å². The molecule has 0 aliphatic carbocycles. The van der Waals surface area contributed by atoms with Crippen molar-refractivity contribution in [1.82, 2.24) is 4.90 Å².